The van der Waals surface area contributed by atoms with E-state index in [1.807, 2.05) is 6.08 Å². The third kappa shape index (κ3) is 4.37. The summed E-state index contributed by atoms with van der Waals surface area (Å²) >= 11 is 0. The van der Waals surface area contributed by atoms with E-state index >= 15 is 0 Å². The standard InChI is InChI=1S/C30H48O2/c1-20(2)7-6-8-21(3)25-12-13-26-24-11-10-23-19-22(9-14-28(31)32)15-17-29(23,4)27(24)16-18-30(25,26)5/h9-10,14,20-22,24-27H,6-8,11-13,15-19H2,1-5H3,(H,31,32)/t21-,22?,24?,25-,26?,27?,29+,30-/m1/s1. The molecule has 2 nitrogen and oxygen atoms in total. The van der Waals surface area contributed by atoms with Gasteiger partial charge in [-0.2, -0.15) is 0 Å². The van der Waals surface area contributed by atoms with Gasteiger partial charge in [0.25, 0.3) is 0 Å². The van der Waals surface area contributed by atoms with Crippen molar-refractivity contribution in [2.75, 3.05) is 0 Å². The van der Waals surface area contributed by atoms with E-state index in [-0.39, 0.29) is 0 Å². The number of carboxylic acids is 1. The summed E-state index contributed by atoms with van der Waals surface area (Å²) in [5.41, 5.74) is 2.57. The molecule has 8 atom stereocenters. The van der Waals surface area contributed by atoms with Crippen LogP contribution >= 0.6 is 0 Å². The molecule has 0 aliphatic heterocycles. The Kier molecular flexibility index (Phi) is 7.00. The van der Waals surface area contributed by atoms with Crippen molar-refractivity contribution in [3.63, 3.8) is 0 Å². The van der Waals surface area contributed by atoms with Gasteiger partial charge in [-0.15, -0.1) is 0 Å². The summed E-state index contributed by atoms with van der Waals surface area (Å²) in [4.78, 5) is 11.0. The van der Waals surface area contributed by atoms with Crippen LogP contribution in [0.2, 0.25) is 0 Å². The predicted octanol–water partition coefficient (Wildman–Crippen LogP) is 8.28. The summed E-state index contributed by atoms with van der Waals surface area (Å²) < 4.78 is 0. The van der Waals surface area contributed by atoms with Crippen LogP contribution in [-0.2, 0) is 4.79 Å². The molecule has 2 heteroatoms. The highest BCUT2D eigenvalue weighted by Gasteiger charge is 2.58. The van der Waals surface area contributed by atoms with Gasteiger partial charge >= 0.3 is 5.97 Å². The minimum atomic E-state index is -0.809. The average molecular weight is 441 g/mol. The summed E-state index contributed by atoms with van der Waals surface area (Å²) in [5.74, 6) is 4.88. The lowest BCUT2D eigenvalue weighted by atomic mass is 9.46. The van der Waals surface area contributed by atoms with Gasteiger partial charge in [-0.05, 0) is 104 Å². The Hall–Kier alpha value is -1.05. The molecule has 0 heterocycles. The second-order valence-corrected chi connectivity index (χ2v) is 13.0. The number of fused-ring (bicyclic) bond motifs is 5. The molecular formula is C30H48O2. The highest BCUT2D eigenvalue weighted by Crippen LogP contribution is 2.67. The average Bonchev–Trinajstić information content (AvgIpc) is 3.09. The second-order valence-electron chi connectivity index (χ2n) is 13.0. The molecular weight excluding hydrogens is 392 g/mol. The summed E-state index contributed by atoms with van der Waals surface area (Å²) in [6.45, 7) is 12.5. The number of hydrogen-bond acceptors (Lipinski definition) is 1. The number of rotatable bonds is 7. The van der Waals surface area contributed by atoms with Crippen molar-refractivity contribution < 1.29 is 9.90 Å². The molecule has 4 aliphatic rings. The molecule has 1 N–H and O–H groups in total. The molecule has 180 valence electrons. The Balaban J connectivity index is 1.46. The lowest BCUT2D eigenvalue weighted by molar-refractivity contribution is -0.131. The van der Waals surface area contributed by atoms with E-state index in [0.29, 0.717) is 16.7 Å². The largest absolute Gasteiger partial charge is 0.478 e. The van der Waals surface area contributed by atoms with Gasteiger partial charge in [-0.3, -0.25) is 0 Å². The van der Waals surface area contributed by atoms with E-state index in [9.17, 15) is 4.79 Å². The molecule has 0 aromatic rings. The van der Waals surface area contributed by atoms with Crippen LogP contribution in [0.1, 0.15) is 105 Å². The second kappa shape index (κ2) is 9.30. The van der Waals surface area contributed by atoms with Gasteiger partial charge < -0.3 is 5.11 Å². The first kappa shape index (κ1) is 24.1. The third-order valence-electron chi connectivity index (χ3n) is 10.9. The summed E-state index contributed by atoms with van der Waals surface area (Å²) in [6, 6.07) is 0. The van der Waals surface area contributed by atoms with Crippen molar-refractivity contribution in [1.82, 2.24) is 0 Å². The first-order chi connectivity index (χ1) is 15.1. The van der Waals surface area contributed by atoms with Crippen molar-refractivity contribution in [3.05, 3.63) is 23.8 Å². The van der Waals surface area contributed by atoms with E-state index in [1.54, 1.807) is 5.57 Å². The van der Waals surface area contributed by atoms with Crippen molar-refractivity contribution in [3.8, 4) is 0 Å². The van der Waals surface area contributed by atoms with Crippen LogP contribution in [0.25, 0.3) is 0 Å². The number of carboxylic acid groups (broad SMARTS) is 1. The number of hydrogen-bond donors (Lipinski definition) is 1. The lowest BCUT2D eigenvalue weighted by Crippen LogP contribution is -2.50. The molecule has 0 saturated heterocycles. The van der Waals surface area contributed by atoms with Gasteiger partial charge in [-0.25, -0.2) is 4.79 Å². The molecule has 0 radical (unpaired) electrons. The fraction of sp³-hybridized carbons (Fsp3) is 0.833. The summed E-state index contributed by atoms with van der Waals surface area (Å²) in [6.07, 6.45) is 20.7. The van der Waals surface area contributed by atoms with Crippen LogP contribution in [0, 0.1) is 52.3 Å². The molecule has 3 fully saturated rings. The Labute approximate surface area is 197 Å². The first-order valence-electron chi connectivity index (χ1n) is 13.8. The summed E-state index contributed by atoms with van der Waals surface area (Å²) in [7, 11) is 0. The van der Waals surface area contributed by atoms with Gasteiger partial charge in [0, 0.05) is 6.08 Å². The SMILES string of the molecule is CC(C)CCC[C@@H](C)[C@H]1CCC2C3CC=C4CC(C=CC(=O)O)CC[C@]4(C)C3CC[C@@]21C. The Bertz CT molecular complexity index is 748. The van der Waals surface area contributed by atoms with Crippen LogP contribution in [0.4, 0.5) is 0 Å². The molecule has 4 aliphatic carbocycles. The molecule has 0 amide bonds. The molecule has 4 unspecified atom stereocenters. The molecule has 0 spiro atoms. The van der Waals surface area contributed by atoms with Gasteiger partial charge in [0.15, 0.2) is 0 Å². The van der Waals surface area contributed by atoms with Crippen LogP contribution in [0.3, 0.4) is 0 Å². The zero-order chi connectivity index (χ0) is 23.1. The van der Waals surface area contributed by atoms with Crippen LogP contribution < -0.4 is 0 Å². The quantitative estimate of drug-likeness (QED) is 0.319. The van der Waals surface area contributed by atoms with Gasteiger partial charge in [0.1, 0.15) is 0 Å². The van der Waals surface area contributed by atoms with Gasteiger partial charge in [-0.1, -0.05) is 71.6 Å². The number of allylic oxidation sites excluding steroid dienone is 3. The molecule has 3 saturated carbocycles. The molecule has 0 aromatic carbocycles. The molecule has 0 aromatic heterocycles. The normalized spacial score (nSPS) is 42.3. The zero-order valence-electron chi connectivity index (χ0n) is 21.4. The van der Waals surface area contributed by atoms with Crippen molar-refractivity contribution in [1.29, 1.82) is 0 Å². The topological polar surface area (TPSA) is 37.3 Å². The summed E-state index contributed by atoms with van der Waals surface area (Å²) in [5, 5.41) is 9.02. The predicted molar refractivity (Wildman–Crippen MR) is 133 cm³/mol. The monoisotopic (exact) mass is 440 g/mol. The maximum atomic E-state index is 11.0. The highest BCUT2D eigenvalue weighted by atomic mass is 16.4. The van der Waals surface area contributed by atoms with E-state index in [2.05, 4.69) is 40.7 Å². The van der Waals surface area contributed by atoms with E-state index in [0.717, 1.165) is 48.3 Å². The Morgan fingerprint density at radius 2 is 1.88 bits per heavy atom. The van der Waals surface area contributed by atoms with E-state index in [4.69, 9.17) is 5.11 Å². The minimum Gasteiger partial charge on any atom is -0.478 e. The molecule has 4 rings (SSSR count). The van der Waals surface area contributed by atoms with Crippen LogP contribution in [-0.4, -0.2) is 11.1 Å². The third-order valence-corrected chi connectivity index (χ3v) is 10.9. The minimum absolute atomic E-state index is 0.360. The number of carbonyl (C=O) groups is 1. The van der Waals surface area contributed by atoms with Crippen LogP contribution in [0.15, 0.2) is 23.8 Å². The Morgan fingerprint density at radius 1 is 1.09 bits per heavy atom. The van der Waals surface area contributed by atoms with Gasteiger partial charge in [0.2, 0.25) is 0 Å². The van der Waals surface area contributed by atoms with Crippen LogP contribution in [0.5, 0.6) is 0 Å². The first-order valence-corrected chi connectivity index (χ1v) is 13.8. The van der Waals surface area contributed by atoms with Crippen molar-refractivity contribution in [2.24, 2.45) is 52.3 Å². The Morgan fingerprint density at radius 3 is 2.59 bits per heavy atom. The van der Waals surface area contributed by atoms with Gasteiger partial charge in [0.05, 0.1) is 0 Å². The lowest BCUT2D eigenvalue weighted by Gasteiger charge is -2.58. The van der Waals surface area contributed by atoms with Crippen molar-refractivity contribution >= 4 is 5.97 Å². The number of aliphatic carboxylic acids is 1. The fourth-order valence-corrected chi connectivity index (χ4v) is 9.10. The zero-order valence-corrected chi connectivity index (χ0v) is 21.4. The maximum Gasteiger partial charge on any atom is 0.327 e. The van der Waals surface area contributed by atoms with Crippen molar-refractivity contribution in [2.45, 2.75) is 105 Å². The van der Waals surface area contributed by atoms with E-state index < -0.39 is 5.97 Å². The maximum absolute atomic E-state index is 11.0. The van der Waals surface area contributed by atoms with E-state index in [1.165, 1.54) is 63.9 Å². The fourth-order valence-electron chi connectivity index (χ4n) is 9.10. The molecule has 32 heavy (non-hydrogen) atoms. The molecule has 0 bridgehead atoms. The highest BCUT2D eigenvalue weighted by molar-refractivity contribution is 5.79. The smallest absolute Gasteiger partial charge is 0.327 e.